The fraction of sp³-hybridized carbons (Fsp3) is 0.938. The third-order valence-electron chi connectivity index (χ3n) is 4.82. The molecule has 0 spiro atoms. The fourth-order valence-electron chi connectivity index (χ4n) is 3.65. The molecule has 2 rings (SSSR count). The fourth-order valence-corrected chi connectivity index (χ4v) is 3.65. The third kappa shape index (κ3) is 5.52. The molecule has 0 saturated heterocycles. The van der Waals surface area contributed by atoms with Gasteiger partial charge in [-0.1, -0.05) is 38.5 Å². The summed E-state index contributed by atoms with van der Waals surface area (Å²) in [7, 11) is 0. The van der Waals surface area contributed by atoms with Crippen LogP contribution in [0, 0.1) is 5.92 Å². The minimum Gasteiger partial charge on any atom is -0.353 e. The zero-order valence-corrected chi connectivity index (χ0v) is 12.2. The lowest BCUT2D eigenvalue weighted by atomic mass is 9.83. The predicted molar refractivity (Wildman–Crippen MR) is 78.8 cm³/mol. The molecule has 2 atom stereocenters. The van der Waals surface area contributed by atoms with E-state index in [4.69, 9.17) is 5.73 Å². The Morgan fingerprint density at radius 2 is 1.74 bits per heavy atom. The molecule has 2 saturated carbocycles. The molecule has 2 aliphatic carbocycles. The summed E-state index contributed by atoms with van der Waals surface area (Å²) in [5.41, 5.74) is 6.00. The van der Waals surface area contributed by atoms with Crippen molar-refractivity contribution in [3.05, 3.63) is 0 Å². The molecule has 110 valence electrons. The summed E-state index contributed by atoms with van der Waals surface area (Å²) in [5.74, 6) is 0.953. The van der Waals surface area contributed by atoms with E-state index in [-0.39, 0.29) is 5.91 Å². The maximum Gasteiger partial charge on any atom is 0.220 e. The molecule has 0 aromatic carbocycles. The Bertz CT molecular complexity index is 272. The van der Waals surface area contributed by atoms with Crippen molar-refractivity contribution in [3.8, 4) is 0 Å². The molecule has 0 aromatic heterocycles. The van der Waals surface area contributed by atoms with Gasteiger partial charge in [-0.05, 0) is 38.0 Å². The maximum absolute atomic E-state index is 12.0. The van der Waals surface area contributed by atoms with Gasteiger partial charge in [-0.2, -0.15) is 0 Å². The van der Waals surface area contributed by atoms with Crippen LogP contribution in [0.5, 0.6) is 0 Å². The number of amides is 1. The van der Waals surface area contributed by atoms with Crippen LogP contribution in [-0.2, 0) is 4.79 Å². The predicted octanol–water partition coefficient (Wildman–Crippen LogP) is 3.12. The number of hydrogen-bond acceptors (Lipinski definition) is 2. The SMILES string of the molecule is NC1CCCC(CCC(=O)NC2CCCCCC2)C1. The summed E-state index contributed by atoms with van der Waals surface area (Å²) >= 11 is 0. The Hall–Kier alpha value is -0.570. The third-order valence-corrected chi connectivity index (χ3v) is 4.82. The lowest BCUT2D eigenvalue weighted by Gasteiger charge is -2.26. The molecular weight excluding hydrogens is 236 g/mol. The van der Waals surface area contributed by atoms with E-state index < -0.39 is 0 Å². The first-order valence-corrected chi connectivity index (χ1v) is 8.29. The standard InChI is InChI=1S/C16H30N2O/c17-14-7-5-6-13(12-14)10-11-16(19)18-15-8-3-1-2-4-9-15/h13-15H,1-12,17H2,(H,18,19). The highest BCUT2D eigenvalue weighted by Crippen LogP contribution is 2.26. The second-order valence-electron chi connectivity index (χ2n) is 6.59. The summed E-state index contributed by atoms with van der Waals surface area (Å²) in [4.78, 5) is 12.0. The lowest BCUT2D eigenvalue weighted by molar-refractivity contribution is -0.122. The number of nitrogens with one attached hydrogen (secondary N) is 1. The first kappa shape index (κ1) is 14.8. The summed E-state index contributed by atoms with van der Waals surface area (Å²) < 4.78 is 0. The molecule has 2 aliphatic rings. The Labute approximate surface area is 117 Å². The lowest BCUT2D eigenvalue weighted by Crippen LogP contribution is -2.35. The van der Waals surface area contributed by atoms with Crippen molar-refractivity contribution < 1.29 is 4.79 Å². The number of nitrogens with two attached hydrogens (primary N) is 1. The first-order valence-electron chi connectivity index (χ1n) is 8.29. The van der Waals surface area contributed by atoms with Gasteiger partial charge in [0.05, 0.1) is 0 Å². The minimum atomic E-state index is 0.269. The van der Waals surface area contributed by atoms with Gasteiger partial charge < -0.3 is 11.1 Å². The van der Waals surface area contributed by atoms with Crippen molar-refractivity contribution >= 4 is 5.91 Å². The van der Waals surface area contributed by atoms with Gasteiger partial charge in [0.1, 0.15) is 0 Å². The average molecular weight is 266 g/mol. The molecule has 3 N–H and O–H groups in total. The van der Waals surface area contributed by atoms with Crippen LogP contribution in [0.2, 0.25) is 0 Å². The topological polar surface area (TPSA) is 55.1 Å². The molecule has 3 heteroatoms. The van der Waals surface area contributed by atoms with Crippen LogP contribution in [0.1, 0.15) is 77.0 Å². The van der Waals surface area contributed by atoms with Gasteiger partial charge in [-0.15, -0.1) is 0 Å². The van der Waals surface area contributed by atoms with Crippen LogP contribution in [0.4, 0.5) is 0 Å². The van der Waals surface area contributed by atoms with Gasteiger partial charge in [-0.25, -0.2) is 0 Å². The van der Waals surface area contributed by atoms with Crippen molar-refractivity contribution in [1.82, 2.24) is 5.32 Å². The number of rotatable bonds is 4. The normalized spacial score (nSPS) is 29.7. The molecule has 0 bridgehead atoms. The first-order chi connectivity index (χ1) is 9.24. The zero-order valence-electron chi connectivity index (χ0n) is 12.2. The molecule has 2 unspecified atom stereocenters. The van der Waals surface area contributed by atoms with E-state index in [0.717, 1.165) is 12.8 Å². The maximum atomic E-state index is 12.0. The Kier molecular flexibility index (Phi) is 6.15. The van der Waals surface area contributed by atoms with Crippen LogP contribution in [-0.4, -0.2) is 18.0 Å². The second kappa shape index (κ2) is 7.88. The van der Waals surface area contributed by atoms with E-state index in [2.05, 4.69) is 5.32 Å². The van der Waals surface area contributed by atoms with Crippen molar-refractivity contribution in [1.29, 1.82) is 0 Å². The highest BCUT2D eigenvalue weighted by molar-refractivity contribution is 5.76. The van der Waals surface area contributed by atoms with E-state index in [9.17, 15) is 4.79 Å². The Morgan fingerprint density at radius 1 is 1.00 bits per heavy atom. The van der Waals surface area contributed by atoms with E-state index >= 15 is 0 Å². The van der Waals surface area contributed by atoms with Gasteiger partial charge in [0.15, 0.2) is 0 Å². The van der Waals surface area contributed by atoms with Crippen molar-refractivity contribution in [2.75, 3.05) is 0 Å². The van der Waals surface area contributed by atoms with E-state index in [1.54, 1.807) is 0 Å². The molecule has 0 aliphatic heterocycles. The van der Waals surface area contributed by atoms with Gasteiger partial charge in [0.2, 0.25) is 5.91 Å². The van der Waals surface area contributed by atoms with Gasteiger partial charge in [0, 0.05) is 18.5 Å². The zero-order chi connectivity index (χ0) is 13.5. The van der Waals surface area contributed by atoms with E-state index in [1.807, 2.05) is 0 Å². The summed E-state index contributed by atoms with van der Waals surface area (Å²) in [5, 5.41) is 3.24. The number of carbonyl (C=O) groups excluding carboxylic acids is 1. The summed E-state index contributed by atoms with van der Waals surface area (Å²) in [6, 6.07) is 0.826. The Balaban J connectivity index is 1.63. The number of carbonyl (C=O) groups is 1. The van der Waals surface area contributed by atoms with Crippen LogP contribution in [0.3, 0.4) is 0 Å². The highest BCUT2D eigenvalue weighted by Gasteiger charge is 2.20. The molecule has 0 radical (unpaired) electrons. The van der Waals surface area contributed by atoms with Crippen LogP contribution < -0.4 is 11.1 Å². The van der Waals surface area contributed by atoms with Crippen LogP contribution >= 0.6 is 0 Å². The average Bonchev–Trinajstić information content (AvgIpc) is 2.65. The largest absolute Gasteiger partial charge is 0.353 e. The summed E-state index contributed by atoms with van der Waals surface area (Å²) in [6.45, 7) is 0. The molecule has 19 heavy (non-hydrogen) atoms. The Morgan fingerprint density at radius 3 is 2.42 bits per heavy atom. The highest BCUT2D eigenvalue weighted by atomic mass is 16.1. The second-order valence-corrected chi connectivity index (χ2v) is 6.59. The van der Waals surface area contributed by atoms with E-state index in [0.29, 0.717) is 24.4 Å². The van der Waals surface area contributed by atoms with Gasteiger partial charge in [-0.3, -0.25) is 4.79 Å². The quantitative estimate of drug-likeness (QED) is 0.768. The van der Waals surface area contributed by atoms with Gasteiger partial charge in [0.25, 0.3) is 0 Å². The molecule has 0 heterocycles. The molecule has 3 nitrogen and oxygen atoms in total. The van der Waals surface area contributed by atoms with E-state index in [1.165, 1.54) is 57.8 Å². The van der Waals surface area contributed by atoms with Crippen molar-refractivity contribution in [2.45, 2.75) is 89.1 Å². The molecule has 2 fully saturated rings. The van der Waals surface area contributed by atoms with Crippen LogP contribution in [0.15, 0.2) is 0 Å². The molecule has 0 aromatic rings. The molecular formula is C16H30N2O. The smallest absolute Gasteiger partial charge is 0.220 e. The van der Waals surface area contributed by atoms with Crippen molar-refractivity contribution in [3.63, 3.8) is 0 Å². The molecule has 1 amide bonds. The van der Waals surface area contributed by atoms with Crippen LogP contribution in [0.25, 0.3) is 0 Å². The van der Waals surface area contributed by atoms with Gasteiger partial charge >= 0.3 is 0 Å². The summed E-state index contributed by atoms with van der Waals surface area (Å²) in [6.07, 6.45) is 14.1. The minimum absolute atomic E-state index is 0.269. The monoisotopic (exact) mass is 266 g/mol. The number of hydrogen-bond donors (Lipinski definition) is 2. The van der Waals surface area contributed by atoms with Crippen molar-refractivity contribution in [2.24, 2.45) is 11.7 Å².